The molecule has 2 rings (SSSR count). The van der Waals surface area contributed by atoms with Crippen molar-refractivity contribution in [2.24, 2.45) is 0 Å². The third-order valence-corrected chi connectivity index (χ3v) is 5.21. The zero-order valence-corrected chi connectivity index (χ0v) is 16.3. The van der Waals surface area contributed by atoms with Gasteiger partial charge in [0.1, 0.15) is 0 Å². The average molecular weight is 389 g/mol. The molecule has 7 nitrogen and oxygen atoms in total. The van der Waals surface area contributed by atoms with Crippen LogP contribution in [0.15, 0.2) is 53.4 Å². The Balaban J connectivity index is 2.28. The van der Waals surface area contributed by atoms with Gasteiger partial charge in [0.15, 0.2) is 0 Å². The van der Waals surface area contributed by atoms with Crippen LogP contribution in [0.5, 0.6) is 0 Å². The molecule has 0 atom stereocenters. The Morgan fingerprint density at radius 2 is 1.70 bits per heavy atom. The number of hydrogen-bond acceptors (Lipinski definition) is 4. The predicted octanol–water partition coefficient (Wildman–Crippen LogP) is 2.38. The SMILES string of the molecule is CCNC(=O)c1ccccc1NC(=O)c1cccc(S(=O)(=O)NC(C)C)c1. The number of benzene rings is 2. The summed E-state index contributed by atoms with van der Waals surface area (Å²) in [6, 6.07) is 12.1. The first-order valence-corrected chi connectivity index (χ1v) is 10.0. The van der Waals surface area contributed by atoms with Gasteiger partial charge in [0.05, 0.1) is 16.1 Å². The number of para-hydroxylation sites is 1. The fraction of sp³-hybridized carbons (Fsp3) is 0.263. The number of carbonyl (C=O) groups excluding carboxylic acids is 2. The first kappa shape index (κ1) is 20.6. The zero-order valence-electron chi connectivity index (χ0n) is 15.4. The molecule has 0 aromatic heterocycles. The molecule has 0 saturated heterocycles. The first-order valence-electron chi connectivity index (χ1n) is 8.55. The lowest BCUT2D eigenvalue weighted by Gasteiger charge is -2.12. The van der Waals surface area contributed by atoms with Crippen LogP contribution in [0, 0.1) is 0 Å². The standard InChI is InChI=1S/C19H23N3O4S/c1-4-20-19(24)16-10-5-6-11-17(16)21-18(23)14-8-7-9-15(12-14)27(25,26)22-13(2)3/h5-13,22H,4H2,1-3H3,(H,20,24)(H,21,23). The molecular formula is C19H23N3O4S. The highest BCUT2D eigenvalue weighted by Crippen LogP contribution is 2.18. The lowest BCUT2D eigenvalue weighted by molar-refractivity contribution is 0.0956. The van der Waals surface area contributed by atoms with Crippen LogP contribution in [0.4, 0.5) is 5.69 Å². The summed E-state index contributed by atoms with van der Waals surface area (Å²) in [6.45, 7) is 5.69. The van der Waals surface area contributed by atoms with E-state index in [0.29, 0.717) is 17.8 Å². The predicted molar refractivity (Wildman–Crippen MR) is 104 cm³/mol. The van der Waals surface area contributed by atoms with Crippen molar-refractivity contribution in [3.8, 4) is 0 Å². The lowest BCUT2D eigenvalue weighted by atomic mass is 10.1. The van der Waals surface area contributed by atoms with E-state index in [1.807, 2.05) is 0 Å². The van der Waals surface area contributed by atoms with E-state index in [4.69, 9.17) is 0 Å². The number of carbonyl (C=O) groups is 2. The van der Waals surface area contributed by atoms with Gasteiger partial charge in [-0.3, -0.25) is 9.59 Å². The Kier molecular flexibility index (Phi) is 6.70. The van der Waals surface area contributed by atoms with Crippen LogP contribution in [0.3, 0.4) is 0 Å². The second-order valence-electron chi connectivity index (χ2n) is 6.16. The van der Waals surface area contributed by atoms with Crippen LogP contribution in [0.1, 0.15) is 41.5 Å². The molecule has 0 bridgehead atoms. The Morgan fingerprint density at radius 1 is 1.00 bits per heavy atom. The van der Waals surface area contributed by atoms with Gasteiger partial charge in [0, 0.05) is 18.2 Å². The molecule has 0 saturated carbocycles. The molecule has 0 aliphatic rings. The van der Waals surface area contributed by atoms with Crippen LogP contribution < -0.4 is 15.4 Å². The number of anilines is 1. The van der Waals surface area contributed by atoms with Crippen LogP contribution in [0.25, 0.3) is 0 Å². The summed E-state index contributed by atoms with van der Waals surface area (Å²) in [4.78, 5) is 24.7. The maximum atomic E-state index is 12.6. The quantitative estimate of drug-likeness (QED) is 0.676. The minimum atomic E-state index is -3.71. The molecule has 8 heteroatoms. The minimum Gasteiger partial charge on any atom is -0.352 e. The molecule has 0 heterocycles. The van der Waals surface area contributed by atoms with E-state index in [-0.39, 0.29) is 22.4 Å². The fourth-order valence-corrected chi connectivity index (χ4v) is 3.72. The normalized spacial score (nSPS) is 11.3. The van der Waals surface area contributed by atoms with E-state index in [1.165, 1.54) is 24.3 Å². The van der Waals surface area contributed by atoms with Gasteiger partial charge in [-0.15, -0.1) is 0 Å². The van der Waals surface area contributed by atoms with Crippen molar-refractivity contribution in [2.75, 3.05) is 11.9 Å². The van der Waals surface area contributed by atoms with Crippen molar-refractivity contribution < 1.29 is 18.0 Å². The van der Waals surface area contributed by atoms with Crippen molar-refractivity contribution in [1.82, 2.24) is 10.0 Å². The van der Waals surface area contributed by atoms with Crippen molar-refractivity contribution >= 4 is 27.5 Å². The number of sulfonamides is 1. The van der Waals surface area contributed by atoms with E-state index in [9.17, 15) is 18.0 Å². The van der Waals surface area contributed by atoms with Gasteiger partial charge in [-0.2, -0.15) is 0 Å². The topological polar surface area (TPSA) is 104 Å². The van der Waals surface area contributed by atoms with Crippen LogP contribution in [0.2, 0.25) is 0 Å². The van der Waals surface area contributed by atoms with Gasteiger partial charge in [-0.05, 0) is 51.1 Å². The molecule has 0 fully saturated rings. The minimum absolute atomic E-state index is 0.000797. The molecule has 2 aromatic rings. The van der Waals surface area contributed by atoms with Gasteiger partial charge < -0.3 is 10.6 Å². The highest BCUT2D eigenvalue weighted by molar-refractivity contribution is 7.89. The van der Waals surface area contributed by atoms with Gasteiger partial charge in [-0.1, -0.05) is 18.2 Å². The van der Waals surface area contributed by atoms with Crippen LogP contribution in [-0.2, 0) is 10.0 Å². The Hall–Kier alpha value is -2.71. The monoisotopic (exact) mass is 389 g/mol. The zero-order chi connectivity index (χ0) is 20.0. The highest BCUT2D eigenvalue weighted by atomic mass is 32.2. The third-order valence-electron chi connectivity index (χ3n) is 3.55. The summed E-state index contributed by atoms with van der Waals surface area (Å²) in [5.41, 5.74) is 0.854. The molecule has 0 spiro atoms. The number of rotatable bonds is 7. The maximum Gasteiger partial charge on any atom is 0.255 e. The third kappa shape index (κ3) is 5.38. The largest absolute Gasteiger partial charge is 0.352 e. The molecule has 2 amide bonds. The smallest absolute Gasteiger partial charge is 0.255 e. The summed E-state index contributed by atoms with van der Waals surface area (Å²) in [6.07, 6.45) is 0. The molecule has 144 valence electrons. The molecule has 0 radical (unpaired) electrons. The van der Waals surface area contributed by atoms with E-state index in [0.717, 1.165) is 0 Å². The molecule has 3 N–H and O–H groups in total. The van der Waals surface area contributed by atoms with Gasteiger partial charge >= 0.3 is 0 Å². The maximum absolute atomic E-state index is 12.6. The Bertz CT molecular complexity index is 939. The average Bonchev–Trinajstić information content (AvgIpc) is 2.61. The Labute approximate surface area is 159 Å². The molecule has 2 aromatic carbocycles. The number of hydrogen-bond donors (Lipinski definition) is 3. The fourth-order valence-electron chi connectivity index (χ4n) is 2.42. The summed E-state index contributed by atoms with van der Waals surface area (Å²) >= 11 is 0. The molecule has 0 aliphatic carbocycles. The van der Waals surface area contributed by atoms with E-state index < -0.39 is 15.9 Å². The summed E-state index contributed by atoms with van der Waals surface area (Å²) in [7, 11) is -3.71. The number of nitrogens with one attached hydrogen (secondary N) is 3. The van der Waals surface area contributed by atoms with Gasteiger partial charge in [0.25, 0.3) is 11.8 Å². The van der Waals surface area contributed by atoms with Crippen molar-refractivity contribution in [3.63, 3.8) is 0 Å². The van der Waals surface area contributed by atoms with Gasteiger partial charge in [0.2, 0.25) is 10.0 Å². The highest BCUT2D eigenvalue weighted by Gasteiger charge is 2.18. The van der Waals surface area contributed by atoms with Crippen LogP contribution in [-0.4, -0.2) is 32.8 Å². The van der Waals surface area contributed by atoms with Crippen molar-refractivity contribution in [3.05, 3.63) is 59.7 Å². The summed E-state index contributed by atoms with van der Waals surface area (Å²) in [5, 5.41) is 5.36. The Morgan fingerprint density at radius 3 is 2.37 bits per heavy atom. The molecular weight excluding hydrogens is 366 g/mol. The summed E-state index contributed by atoms with van der Waals surface area (Å²) in [5.74, 6) is -0.806. The van der Waals surface area contributed by atoms with Crippen LogP contribution >= 0.6 is 0 Å². The first-order chi connectivity index (χ1) is 12.7. The molecule has 27 heavy (non-hydrogen) atoms. The van der Waals surface area contributed by atoms with E-state index in [1.54, 1.807) is 45.0 Å². The van der Waals surface area contributed by atoms with Crippen molar-refractivity contribution in [1.29, 1.82) is 0 Å². The van der Waals surface area contributed by atoms with Crippen molar-refractivity contribution in [2.45, 2.75) is 31.7 Å². The van der Waals surface area contributed by atoms with E-state index >= 15 is 0 Å². The van der Waals surface area contributed by atoms with E-state index in [2.05, 4.69) is 15.4 Å². The summed E-state index contributed by atoms with van der Waals surface area (Å²) < 4.78 is 27.1. The molecule has 0 unspecified atom stereocenters. The molecule has 0 aliphatic heterocycles. The second-order valence-corrected chi connectivity index (χ2v) is 7.88. The lowest BCUT2D eigenvalue weighted by Crippen LogP contribution is -2.30. The number of amides is 2. The van der Waals surface area contributed by atoms with Gasteiger partial charge in [-0.25, -0.2) is 13.1 Å². The second kappa shape index (κ2) is 8.79.